The zero-order chi connectivity index (χ0) is 16.9. The molecule has 2 unspecified atom stereocenters. The highest BCUT2D eigenvalue weighted by Crippen LogP contribution is 2.73. The third-order valence-corrected chi connectivity index (χ3v) is 9.03. The number of carbonyl (C=O) groups is 1. The van der Waals surface area contributed by atoms with E-state index in [0.29, 0.717) is 11.8 Å². The monoisotopic (exact) mass is 330 g/mol. The second-order valence-corrected chi connectivity index (χ2v) is 9.75. The van der Waals surface area contributed by atoms with Crippen LogP contribution in [0.4, 0.5) is 0 Å². The molecule has 0 aromatic rings. The predicted octanol–water partition coefficient (Wildman–Crippen LogP) is 3.65. The van der Waals surface area contributed by atoms with Crippen molar-refractivity contribution in [2.75, 3.05) is 0 Å². The normalized spacial score (nSPS) is 58.0. The Labute approximate surface area is 144 Å². The van der Waals surface area contributed by atoms with Crippen LogP contribution in [0.3, 0.4) is 0 Å². The molecule has 5 aliphatic rings. The van der Waals surface area contributed by atoms with Crippen LogP contribution in [0, 0.1) is 28.6 Å². The Balaban J connectivity index is 1.51. The number of ether oxygens (including phenoxy) is 1. The number of allylic oxidation sites excluding steroid dienone is 1. The lowest BCUT2D eigenvalue weighted by molar-refractivity contribution is -0.135. The molecule has 5 rings (SSSR count). The number of hydrogen-bond donors (Lipinski definition) is 1. The molecule has 1 N–H and O–H groups in total. The fraction of sp³-hybridized carbons (Fsp3) is 0.857. The SMILES string of the molecule is CC(=O)[C@@]12O[C@@H]1CC1[C@@H]3CC=C4C[C@H](O)CC[C@]4(C)C3CC[C@@]12C. The Morgan fingerprint density at radius 1 is 1.25 bits per heavy atom. The lowest BCUT2D eigenvalue weighted by Gasteiger charge is -2.58. The summed E-state index contributed by atoms with van der Waals surface area (Å²) in [5.41, 5.74) is 1.39. The Morgan fingerprint density at radius 3 is 2.79 bits per heavy atom. The van der Waals surface area contributed by atoms with Crippen LogP contribution in [0.5, 0.6) is 0 Å². The first-order valence-electron chi connectivity index (χ1n) is 9.89. The van der Waals surface area contributed by atoms with Gasteiger partial charge in [-0.25, -0.2) is 0 Å². The summed E-state index contributed by atoms with van der Waals surface area (Å²) >= 11 is 0. The van der Waals surface area contributed by atoms with Crippen LogP contribution >= 0.6 is 0 Å². The first-order chi connectivity index (χ1) is 11.3. The van der Waals surface area contributed by atoms with Gasteiger partial charge in [0.25, 0.3) is 0 Å². The van der Waals surface area contributed by atoms with Crippen LogP contribution in [0.15, 0.2) is 11.6 Å². The van der Waals surface area contributed by atoms with Crippen molar-refractivity contribution in [2.24, 2.45) is 28.6 Å². The van der Waals surface area contributed by atoms with Crippen molar-refractivity contribution in [3.05, 3.63) is 11.6 Å². The van der Waals surface area contributed by atoms with Gasteiger partial charge in [-0.1, -0.05) is 25.5 Å². The van der Waals surface area contributed by atoms with E-state index in [1.165, 1.54) is 12.0 Å². The minimum atomic E-state index is -0.448. The lowest BCUT2D eigenvalue weighted by atomic mass is 9.47. The van der Waals surface area contributed by atoms with E-state index in [9.17, 15) is 9.90 Å². The van der Waals surface area contributed by atoms with Crippen LogP contribution < -0.4 is 0 Å². The van der Waals surface area contributed by atoms with E-state index in [1.54, 1.807) is 6.92 Å². The molecule has 0 amide bonds. The van der Waals surface area contributed by atoms with Gasteiger partial charge in [0.15, 0.2) is 11.4 Å². The topological polar surface area (TPSA) is 49.8 Å². The first-order valence-corrected chi connectivity index (χ1v) is 9.89. The molecule has 0 spiro atoms. The van der Waals surface area contributed by atoms with Crippen molar-refractivity contribution >= 4 is 5.78 Å². The van der Waals surface area contributed by atoms with Crippen molar-refractivity contribution in [3.8, 4) is 0 Å². The number of fused-ring (bicyclic) bond motifs is 7. The average molecular weight is 330 g/mol. The average Bonchev–Trinajstić information content (AvgIpc) is 3.21. The van der Waals surface area contributed by atoms with E-state index in [2.05, 4.69) is 19.9 Å². The molecule has 0 aromatic carbocycles. The highest BCUT2D eigenvalue weighted by Gasteiger charge is 2.79. The van der Waals surface area contributed by atoms with Crippen LogP contribution in [0.2, 0.25) is 0 Å². The minimum absolute atomic E-state index is 0.0422. The molecular weight excluding hydrogens is 300 g/mol. The number of aliphatic hydroxyl groups excluding tert-OH is 1. The summed E-state index contributed by atoms with van der Waals surface area (Å²) in [4.78, 5) is 12.4. The number of rotatable bonds is 1. The second kappa shape index (κ2) is 4.54. The standard InChI is InChI=1S/C21H30O3/c1-12(22)21-18(24-21)11-17-15-5-4-13-10-14(23)6-8-19(13,2)16(15)7-9-20(17,21)3/h4,14-18,23H,5-11H2,1-3H3/t14-,15-,16?,17?,18-,19+,20+,21-/m1/s1. The summed E-state index contributed by atoms with van der Waals surface area (Å²) in [5, 5.41) is 10.1. The zero-order valence-corrected chi connectivity index (χ0v) is 15.2. The number of aliphatic hydroxyl groups is 1. The van der Waals surface area contributed by atoms with Crippen LogP contribution in [0.1, 0.15) is 65.7 Å². The zero-order valence-electron chi connectivity index (χ0n) is 15.2. The van der Waals surface area contributed by atoms with Crippen LogP contribution in [-0.2, 0) is 9.53 Å². The van der Waals surface area contributed by atoms with E-state index in [4.69, 9.17) is 4.74 Å². The first kappa shape index (κ1) is 15.6. The Kier molecular flexibility index (Phi) is 2.94. The Bertz CT molecular complexity index is 639. The summed E-state index contributed by atoms with van der Waals surface area (Å²) in [6, 6.07) is 0. The molecule has 0 aromatic heterocycles. The molecule has 1 saturated heterocycles. The second-order valence-electron chi connectivity index (χ2n) is 9.75. The van der Waals surface area contributed by atoms with E-state index >= 15 is 0 Å². The van der Waals surface area contributed by atoms with Gasteiger partial charge in [0, 0.05) is 5.41 Å². The van der Waals surface area contributed by atoms with Gasteiger partial charge in [0.05, 0.1) is 12.2 Å². The number of epoxide rings is 1. The van der Waals surface area contributed by atoms with Crippen molar-refractivity contribution in [1.82, 2.24) is 0 Å². The molecule has 4 aliphatic carbocycles. The van der Waals surface area contributed by atoms with E-state index in [-0.39, 0.29) is 28.8 Å². The molecule has 3 saturated carbocycles. The molecule has 8 atom stereocenters. The maximum atomic E-state index is 12.4. The summed E-state index contributed by atoms with van der Waals surface area (Å²) < 4.78 is 6.00. The fourth-order valence-corrected chi connectivity index (χ4v) is 7.71. The Morgan fingerprint density at radius 2 is 2.04 bits per heavy atom. The Hall–Kier alpha value is -0.670. The summed E-state index contributed by atoms with van der Waals surface area (Å²) in [7, 11) is 0. The molecular formula is C21H30O3. The van der Waals surface area contributed by atoms with Crippen LogP contribution in [-0.4, -0.2) is 28.7 Å². The van der Waals surface area contributed by atoms with Gasteiger partial charge in [-0.05, 0) is 75.0 Å². The molecule has 3 heteroatoms. The summed E-state index contributed by atoms with van der Waals surface area (Å²) in [6.07, 6.45) is 10.0. The van der Waals surface area contributed by atoms with Crippen molar-refractivity contribution in [3.63, 3.8) is 0 Å². The smallest absolute Gasteiger partial charge is 0.164 e. The lowest BCUT2D eigenvalue weighted by Crippen LogP contribution is -2.54. The molecule has 0 radical (unpaired) electrons. The number of Topliss-reactive ketones (excluding diaryl/α,β-unsaturated/α-hetero) is 1. The van der Waals surface area contributed by atoms with Gasteiger partial charge in [0.1, 0.15) is 0 Å². The van der Waals surface area contributed by atoms with E-state index in [0.717, 1.165) is 44.4 Å². The molecule has 0 bridgehead atoms. The quantitative estimate of drug-likeness (QED) is 0.590. The molecule has 24 heavy (non-hydrogen) atoms. The van der Waals surface area contributed by atoms with E-state index in [1.807, 2.05) is 0 Å². The van der Waals surface area contributed by atoms with Crippen molar-refractivity contribution in [2.45, 2.75) is 83.5 Å². The largest absolute Gasteiger partial charge is 0.393 e. The van der Waals surface area contributed by atoms with E-state index < -0.39 is 5.60 Å². The predicted molar refractivity (Wildman–Crippen MR) is 91.4 cm³/mol. The summed E-state index contributed by atoms with van der Waals surface area (Å²) in [5.74, 6) is 2.31. The fourth-order valence-electron chi connectivity index (χ4n) is 7.71. The van der Waals surface area contributed by atoms with Gasteiger partial charge in [-0.2, -0.15) is 0 Å². The number of hydrogen-bond acceptors (Lipinski definition) is 3. The molecule has 132 valence electrons. The van der Waals surface area contributed by atoms with Gasteiger partial charge in [-0.15, -0.1) is 0 Å². The summed E-state index contributed by atoms with van der Waals surface area (Å²) in [6.45, 7) is 6.54. The third kappa shape index (κ3) is 1.60. The molecule has 1 aliphatic heterocycles. The maximum Gasteiger partial charge on any atom is 0.164 e. The van der Waals surface area contributed by atoms with Gasteiger partial charge < -0.3 is 9.84 Å². The minimum Gasteiger partial charge on any atom is -0.393 e. The van der Waals surface area contributed by atoms with Gasteiger partial charge in [-0.3, -0.25) is 4.79 Å². The van der Waals surface area contributed by atoms with Gasteiger partial charge in [0.2, 0.25) is 0 Å². The molecule has 4 fully saturated rings. The highest BCUT2D eigenvalue weighted by molar-refractivity contribution is 5.90. The third-order valence-electron chi connectivity index (χ3n) is 9.03. The van der Waals surface area contributed by atoms with Crippen LogP contribution in [0.25, 0.3) is 0 Å². The molecule has 3 nitrogen and oxygen atoms in total. The number of carbonyl (C=O) groups excluding carboxylic acids is 1. The van der Waals surface area contributed by atoms with Crippen molar-refractivity contribution in [1.29, 1.82) is 0 Å². The maximum absolute atomic E-state index is 12.4. The number of ketones is 1. The van der Waals surface area contributed by atoms with Crippen molar-refractivity contribution < 1.29 is 14.6 Å². The molecule has 1 heterocycles. The highest BCUT2D eigenvalue weighted by atomic mass is 16.6. The van der Waals surface area contributed by atoms with Gasteiger partial charge >= 0.3 is 0 Å².